The molecule has 1 heterocycles. The van der Waals surface area contributed by atoms with E-state index in [4.69, 9.17) is 0 Å². The SMILES string of the molecule is CCN(CC)CCN1c2ccc(NC(=O)C3(c4ccc(O)c(O)c4)CC3)cc2CC1C(C)(C)C. The zero-order valence-electron chi connectivity index (χ0n) is 21.2. The molecule has 6 nitrogen and oxygen atoms in total. The molecule has 2 aromatic carbocycles. The number of phenolic OH excluding ortho intramolecular Hbond substituents is 2. The largest absolute Gasteiger partial charge is 0.504 e. The highest BCUT2D eigenvalue weighted by Gasteiger charge is 2.51. The molecular weight excluding hydrogens is 426 g/mol. The predicted octanol–water partition coefficient (Wildman–Crippen LogP) is 4.89. The maximum Gasteiger partial charge on any atom is 0.235 e. The second kappa shape index (κ2) is 9.14. The van der Waals surface area contributed by atoms with Crippen LogP contribution in [0.2, 0.25) is 0 Å². The van der Waals surface area contributed by atoms with E-state index in [0.717, 1.165) is 56.7 Å². The molecule has 4 rings (SSSR count). The van der Waals surface area contributed by atoms with Crippen LogP contribution in [0.1, 0.15) is 58.6 Å². The van der Waals surface area contributed by atoms with Crippen molar-refractivity contribution in [2.45, 2.75) is 65.3 Å². The smallest absolute Gasteiger partial charge is 0.235 e. The van der Waals surface area contributed by atoms with E-state index in [1.807, 2.05) is 6.07 Å². The lowest BCUT2D eigenvalue weighted by molar-refractivity contribution is -0.118. The van der Waals surface area contributed by atoms with Gasteiger partial charge < -0.3 is 25.3 Å². The number of carbonyl (C=O) groups is 1. The number of hydrogen-bond donors (Lipinski definition) is 3. The van der Waals surface area contributed by atoms with Gasteiger partial charge in [0, 0.05) is 30.5 Å². The van der Waals surface area contributed by atoms with Crippen molar-refractivity contribution < 1.29 is 15.0 Å². The van der Waals surface area contributed by atoms with Gasteiger partial charge in [0.15, 0.2) is 11.5 Å². The van der Waals surface area contributed by atoms with Gasteiger partial charge in [-0.15, -0.1) is 0 Å². The molecule has 1 aliphatic heterocycles. The molecule has 1 saturated carbocycles. The summed E-state index contributed by atoms with van der Waals surface area (Å²) in [7, 11) is 0. The minimum Gasteiger partial charge on any atom is -0.504 e. The van der Waals surface area contributed by atoms with Crippen LogP contribution in [0.3, 0.4) is 0 Å². The van der Waals surface area contributed by atoms with Crippen molar-refractivity contribution in [3.63, 3.8) is 0 Å². The molecule has 2 aliphatic rings. The molecule has 0 spiro atoms. The van der Waals surface area contributed by atoms with E-state index in [-0.39, 0.29) is 22.8 Å². The van der Waals surface area contributed by atoms with Crippen molar-refractivity contribution in [3.05, 3.63) is 47.5 Å². The van der Waals surface area contributed by atoms with Gasteiger partial charge in [-0.05, 0) is 79.2 Å². The Morgan fingerprint density at radius 2 is 1.79 bits per heavy atom. The molecule has 0 aromatic heterocycles. The highest BCUT2D eigenvalue weighted by atomic mass is 16.3. The summed E-state index contributed by atoms with van der Waals surface area (Å²) in [4.78, 5) is 18.3. The number of nitrogens with zero attached hydrogens (tertiary/aromatic N) is 2. The summed E-state index contributed by atoms with van der Waals surface area (Å²) in [5.74, 6) is -0.411. The van der Waals surface area contributed by atoms with Crippen LogP contribution in [0.25, 0.3) is 0 Å². The fourth-order valence-corrected chi connectivity index (χ4v) is 5.28. The normalized spacial score (nSPS) is 18.8. The molecular formula is C28H39N3O3. The number of rotatable bonds is 8. The van der Waals surface area contributed by atoms with Crippen molar-refractivity contribution in [2.75, 3.05) is 36.4 Å². The highest BCUT2D eigenvalue weighted by Crippen LogP contribution is 2.50. The number of hydrogen-bond acceptors (Lipinski definition) is 5. The second-order valence-corrected chi connectivity index (χ2v) is 10.9. The summed E-state index contributed by atoms with van der Waals surface area (Å²) in [5, 5.41) is 22.7. The molecule has 34 heavy (non-hydrogen) atoms. The molecule has 6 heteroatoms. The van der Waals surface area contributed by atoms with Crippen molar-refractivity contribution in [3.8, 4) is 11.5 Å². The van der Waals surface area contributed by atoms with Gasteiger partial charge in [-0.3, -0.25) is 4.79 Å². The Morgan fingerprint density at radius 3 is 2.38 bits per heavy atom. The summed E-state index contributed by atoms with van der Waals surface area (Å²) in [6.45, 7) is 15.5. The third kappa shape index (κ3) is 4.61. The number of benzene rings is 2. The number of amides is 1. The molecule has 0 radical (unpaired) electrons. The van der Waals surface area contributed by atoms with E-state index >= 15 is 0 Å². The Labute approximate surface area is 203 Å². The fourth-order valence-electron chi connectivity index (χ4n) is 5.28. The van der Waals surface area contributed by atoms with Gasteiger partial charge in [-0.25, -0.2) is 0 Å². The van der Waals surface area contributed by atoms with Gasteiger partial charge in [-0.1, -0.05) is 40.7 Å². The average molecular weight is 466 g/mol. The molecule has 3 N–H and O–H groups in total. The number of carbonyl (C=O) groups excluding carboxylic acids is 1. The maximum atomic E-state index is 13.3. The third-order valence-corrected chi connectivity index (χ3v) is 7.70. The summed E-state index contributed by atoms with van der Waals surface area (Å²) in [5.41, 5.74) is 3.63. The quantitative estimate of drug-likeness (QED) is 0.484. The first-order valence-electron chi connectivity index (χ1n) is 12.5. The van der Waals surface area contributed by atoms with Gasteiger partial charge in [0.05, 0.1) is 5.41 Å². The average Bonchev–Trinajstić information content (AvgIpc) is 3.52. The van der Waals surface area contributed by atoms with Crippen LogP contribution in [0.4, 0.5) is 11.4 Å². The number of phenols is 2. The monoisotopic (exact) mass is 465 g/mol. The van der Waals surface area contributed by atoms with Crippen LogP contribution in [0.5, 0.6) is 11.5 Å². The van der Waals surface area contributed by atoms with Crippen molar-refractivity contribution in [2.24, 2.45) is 5.41 Å². The molecule has 1 unspecified atom stereocenters. The molecule has 1 aliphatic carbocycles. The van der Waals surface area contributed by atoms with Crippen LogP contribution >= 0.6 is 0 Å². The Bertz CT molecular complexity index is 1050. The standard InChI is InChI=1S/C28H39N3O3/c1-6-30(7-2)14-15-31-22-10-9-21(16-19(22)17-25(31)27(3,4)5)29-26(34)28(12-13-28)20-8-11-23(32)24(33)18-20/h8-11,16,18,25,32-33H,6-7,12-15,17H2,1-5H3,(H,29,34). The molecule has 2 aromatic rings. The van der Waals surface area contributed by atoms with Crippen molar-refractivity contribution in [1.82, 2.24) is 4.90 Å². The lowest BCUT2D eigenvalue weighted by Gasteiger charge is -2.38. The minimum absolute atomic E-state index is 0.0544. The number of nitrogens with one attached hydrogen (secondary N) is 1. The van der Waals surface area contributed by atoms with E-state index in [1.165, 1.54) is 23.4 Å². The third-order valence-electron chi connectivity index (χ3n) is 7.70. The number of anilines is 2. The van der Waals surface area contributed by atoms with Crippen molar-refractivity contribution >= 4 is 17.3 Å². The zero-order chi connectivity index (χ0) is 24.7. The Hall–Kier alpha value is -2.73. The molecule has 0 saturated heterocycles. The summed E-state index contributed by atoms with van der Waals surface area (Å²) in [6, 6.07) is 11.4. The van der Waals surface area contributed by atoms with Gasteiger partial charge in [0.1, 0.15) is 0 Å². The van der Waals surface area contributed by atoms with E-state index in [2.05, 4.69) is 61.9 Å². The molecule has 1 amide bonds. The lowest BCUT2D eigenvalue weighted by atomic mass is 9.84. The van der Waals surface area contributed by atoms with E-state index in [0.29, 0.717) is 6.04 Å². The van der Waals surface area contributed by atoms with Crippen LogP contribution in [0.15, 0.2) is 36.4 Å². The first-order chi connectivity index (χ1) is 16.1. The summed E-state index contributed by atoms with van der Waals surface area (Å²) < 4.78 is 0. The minimum atomic E-state index is -0.631. The topological polar surface area (TPSA) is 76.0 Å². The predicted molar refractivity (Wildman–Crippen MR) is 138 cm³/mol. The van der Waals surface area contributed by atoms with Crippen LogP contribution in [-0.4, -0.2) is 53.2 Å². The Kier molecular flexibility index (Phi) is 6.56. The van der Waals surface area contributed by atoms with Gasteiger partial charge in [0.2, 0.25) is 5.91 Å². The van der Waals surface area contributed by atoms with Gasteiger partial charge in [0.25, 0.3) is 0 Å². The number of fused-ring (bicyclic) bond motifs is 1. The maximum absolute atomic E-state index is 13.3. The van der Waals surface area contributed by atoms with Gasteiger partial charge >= 0.3 is 0 Å². The van der Waals surface area contributed by atoms with E-state index < -0.39 is 5.41 Å². The van der Waals surface area contributed by atoms with E-state index in [1.54, 1.807) is 6.07 Å². The molecule has 1 atom stereocenters. The summed E-state index contributed by atoms with van der Waals surface area (Å²) >= 11 is 0. The van der Waals surface area contributed by atoms with Crippen molar-refractivity contribution in [1.29, 1.82) is 0 Å². The van der Waals surface area contributed by atoms with E-state index in [9.17, 15) is 15.0 Å². The fraction of sp³-hybridized carbons (Fsp3) is 0.536. The molecule has 0 bridgehead atoms. The molecule has 1 fully saturated rings. The first kappa shape index (κ1) is 24.4. The highest BCUT2D eigenvalue weighted by molar-refractivity contribution is 6.01. The molecule has 184 valence electrons. The van der Waals surface area contributed by atoms with Crippen LogP contribution in [0, 0.1) is 5.41 Å². The lowest BCUT2D eigenvalue weighted by Crippen LogP contribution is -2.45. The summed E-state index contributed by atoms with van der Waals surface area (Å²) in [6.07, 6.45) is 2.44. The Balaban J connectivity index is 1.53. The first-order valence-corrected chi connectivity index (χ1v) is 12.5. The number of aromatic hydroxyl groups is 2. The number of likely N-dealkylation sites (N-methyl/N-ethyl adjacent to an activating group) is 1. The zero-order valence-corrected chi connectivity index (χ0v) is 21.2. The van der Waals surface area contributed by atoms with Crippen LogP contribution in [-0.2, 0) is 16.6 Å². The van der Waals surface area contributed by atoms with Gasteiger partial charge in [-0.2, -0.15) is 0 Å². The Morgan fingerprint density at radius 1 is 1.09 bits per heavy atom. The van der Waals surface area contributed by atoms with Crippen LogP contribution < -0.4 is 10.2 Å². The second-order valence-electron chi connectivity index (χ2n) is 10.9.